The van der Waals surface area contributed by atoms with Crippen LogP contribution in [0.5, 0.6) is 5.75 Å². The molecule has 1 aromatic rings. The molecular formula is C14H19BrO4. The van der Waals surface area contributed by atoms with Crippen molar-refractivity contribution in [1.82, 2.24) is 0 Å². The van der Waals surface area contributed by atoms with E-state index in [1.807, 2.05) is 20.8 Å². The summed E-state index contributed by atoms with van der Waals surface area (Å²) in [5, 5.41) is 10.2. The van der Waals surface area contributed by atoms with E-state index >= 15 is 0 Å². The van der Waals surface area contributed by atoms with E-state index in [9.17, 15) is 9.90 Å². The summed E-state index contributed by atoms with van der Waals surface area (Å²) in [4.78, 5) is 11.7. The van der Waals surface area contributed by atoms with Crippen molar-refractivity contribution < 1.29 is 19.4 Å². The maximum atomic E-state index is 11.7. The first-order chi connectivity index (χ1) is 8.86. The molecule has 1 N–H and O–H groups in total. The Morgan fingerprint density at radius 3 is 2.32 bits per heavy atom. The molecular weight excluding hydrogens is 312 g/mol. The molecule has 19 heavy (non-hydrogen) atoms. The number of hydrogen-bond acceptors (Lipinski definition) is 4. The van der Waals surface area contributed by atoms with Gasteiger partial charge < -0.3 is 14.6 Å². The summed E-state index contributed by atoms with van der Waals surface area (Å²) in [6.45, 7) is 7.52. The molecule has 1 atom stereocenters. The van der Waals surface area contributed by atoms with Crippen molar-refractivity contribution >= 4 is 21.9 Å². The normalized spacial score (nSPS) is 12.2. The van der Waals surface area contributed by atoms with Crippen molar-refractivity contribution in [3.63, 3.8) is 0 Å². The molecule has 0 spiro atoms. The third kappa shape index (κ3) is 2.92. The van der Waals surface area contributed by atoms with Crippen LogP contribution in [0.15, 0.2) is 4.47 Å². The lowest BCUT2D eigenvalue weighted by atomic mass is 9.93. The molecule has 0 heterocycles. The molecule has 0 bridgehead atoms. The van der Waals surface area contributed by atoms with Crippen LogP contribution in [0.2, 0.25) is 0 Å². The predicted molar refractivity (Wildman–Crippen MR) is 76.5 cm³/mol. The van der Waals surface area contributed by atoms with Crippen molar-refractivity contribution in [3.8, 4) is 5.75 Å². The van der Waals surface area contributed by atoms with Gasteiger partial charge in [0, 0.05) is 0 Å². The van der Waals surface area contributed by atoms with Crippen LogP contribution in [0, 0.1) is 20.8 Å². The number of methoxy groups -OCH3 is 1. The summed E-state index contributed by atoms with van der Waals surface area (Å²) >= 11 is 3.44. The van der Waals surface area contributed by atoms with Crippen molar-refractivity contribution in [3.05, 3.63) is 26.7 Å². The van der Waals surface area contributed by atoms with Crippen LogP contribution in [-0.2, 0) is 9.53 Å². The van der Waals surface area contributed by atoms with Crippen LogP contribution in [0.4, 0.5) is 0 Å². The highest BCUT2D eigenvalue weighted by Crippen LogP contribution is 2.39. The second-order valence-electron chi connectivity index (χ2n) is 4.29. The SMILES string of the molecule is CCOC(=O)C(O)c1c(C)c(C)c(OC)c(Br)c1C. The standard InChI is InChI=1S/C14H19BrO4/c1-6-19-14(17)12(16)10-7(2)8(3)13(18-5)11(15)9(10)4/h12,16H,6H2,1-5H3. The third-order valence-corrected chi connectivity index (χ3v) is 4.18. The van der Waals surface area contributed by atoms with Gasteiger partial charge in [-0.3, -0.25) is 0 Å². The molecule has 1 aromatic carbocycles. The highest BCUT2D eigenvalue weighted by Gasteiger charge is 2.26. The number of rotatable bonds is 4. The zero-order chi connectivity index (χ0) is 14.7. The van der Waals surface area contributed by atoms with Crippen LogP contribution in [-0.4, -0.2) is 24.8 Å². The van der Waals surface area contributed by atoms with Gasteiger partial charge in [0.2, 0.25) is 0 Å². The summed E-state index contributed by atoms with van der Waals surface area (Å²) in [5.74, 6) is 0.0833. The molecule has 5 heteroatoms. The molecule has 4 nitrogen and oxygen atoms in total. The first-order valence-corrected chi connectivity index (χ1v) is 6.83. The quantitative estimate of drug-likeness (QED) is 0.862. The number of aliphatic hydroxyl groups is 1. The zero-order valence-electron chi connectivity index (χ0n) is 11.8. The van der Waals surface area contributed by atoms with Crippen LogP contribution in [0.25, 0.3) is 0 Å². The number of aliphatic hydroxyl groups excluding tert-OH is 1. The molecule has 0 aliphatic heterocycles. The third-order valence-electron chi connectivity index (χ3n) is 3.23. The lowest BCUT2D eigenvalue weighted by Gasteiger charge is -2.21. The van der Waals surface area contributed by atoms with Gasteiger partial charge in [0.1, 0.15) is 5.75 Å². The van der Waals surface area contributed by atoms with Crippen LogP contribution >= 0.6 is 15.9 Å². The smallest absolute Gasteiger partial charge is 0.339 e. The fourth-order valence-corrected chi connectivity index (χ4v) is 2.77. The summed E-state index contributed by atoms with van der Waals surface area (Å²) in [5.41, 5.74) is 3.07. The lowest BCUT2D eigenvalue weighted by molar-refractivity contribution is -0.153. The molecule has 0 aliphatic rings. The van der Waals surface area contributed by atoms with E-state index in [1.165, 1.54) is 0 Å². The fourth-order valence-electron chi connectivity index (χ4n) is 2.10. The Morgan fingerprint density at radius 1 is 1.26 bits per heavy atom. The van der Waals surface area contributed by atoms with Gasteiger partial charge in [-0.05, 0) is 65.9 Å². The van der Waals surface area contributed by atoms with E-state index in [4.69, 9.17) is 9.47 Å². The van der Waals surface area contributed by atoms with Gasteiger partial charge in [-0.1, -0.05) is 0 Å². The molecule has 1 unspecified atom stereocenters. The minimum Gasteiger partial charge on any atom is -0.495 e. The van der Waals surface area contributed by atoms with Gasteiger partial charge in [0.15, 0.2) is 6.10 Å². The molecule has 0 saturated carbocycles. The van der Waals surface area contributed by atoms with Crippen LogP contribution in [0.1, 0.15) is 35.3 Å². The molecule has 0 saturated heterocycles. The van der Waals surface area contributed by atoms with Gasteiger partial charge in [-0.25, -0.2) is 4.79 Å². The Labute approximate surface area is 121 Å². The maximum Gasteiger partial charge on any atom is 0.339 e. The average molecular weight is 331 g/mol. The van der Waals surface area contributed by atoms with E-state index in [0.29, 0.717) is 5.56 Å². The zero-order valence-corrected chi connectivity index (χ0v) is 13.4. The van der Waals surface area contributed by atoms with Crippen molar-refractivity contribution in [1.29, 1.82) is 0 Å². The predicted octanol–water partition coefficient (Wildman–Crippen LogP) is 2.98. The fraction of sp³-hybridized carbons (Fsp3) is 0.500. The summed E-state index contributed by atoms with van der Waals surface area (Å²) in [6, 6.07) is 0. The topological polar surface area (TPSA) is 55.8 Å². The number of benzene rings is 1. The average Bonchev–Trinajstić information content (AvgIpc) is 2.37. The molecule has 106 valence electrons. The minimum absolute atomic E-state index is 0.240. The molecule has 0 fully saturated rings. The second kappa shape index (κ2) is 6.39. The Hall–Kier alpha value is -1.07. The number of ether oxygens (including phenoxy) is 2. The number of hydrogen-bond donors (Lipinski definition) is 1. The Bertz CT molecular complexity index is 468. The van der Waals surface area contributed by atoms with Gasteiger partial charge in [-0.15, -0.1) is 0 Å². The van der Waals surface area contributed by atoms with E-state index in [2.05, 4.69) is 15.9 Å². The largest absolute Gasteiger partial charge is 0.495 e. The number of carbonyl (C=O) groups is 1. The first-order valence-electron chi connectivity index (χ1n) is 6.04. The minimum atomic E-state index is -1.28. The van der Waals surface area contributed by atoms with E-state index < -0.39 is 12.1 Å². The van der Waals surface area contributed by atoms with Crippen LogP contribution < -0.4 is 4.74 Å². The molecule has 1 rings (SSSR count). The Kier molecular flexibility index (Phi) is 5.38. The van der Waals surface area contributed by atoms with Crippen molar-refractivity contribution in [2.45, 2.75) is 33.8 Å². The molecule has 0 amide bonds. The number of esters is 1. The van der Waals surface area contributed by atoms with Gasteiger partial charge in [0.05, 0.1) is 18.2 Å². The van der Waals surface area contributed by atoms with Gasteiger partial charge in [0.25, 0.3) is 0 Å². The Morgan fingerprint density at radius 2 is 1.84 bits per heavy atom. The maximum absolute atomic E-state index is 11.7. The molecule has 0 aliphatic carbocycles. The number of carbonyl (C=O) groups excluding carboxylic acids is 1. The Balaban J connectivity index is 3.41. The van der Waals surface area contributed by atoms with Crippen molar-refractivity contribution in [2.24, 2.45) is 0 Å². The van der Waals surface area contributed by atoms with Gasteiger partial charge in [-0.2, -0.15) is 0 Å². The lowest BCUT2D eigenvalue weighted by Crippen LogP contribution is -2.18. The molecule has 0 radical (unpaired) electrons. The summed E-state index contributed by atoms with van der Waals surface area (Å²) < 4.78 is 11.0. The van der Waals surface area contributed by atoms with E-state index in [1.54, 1.807) is 14.0 Å². The van der Waals surface area contributed by atoms with Crippen molar-refractivity contribution in [2.75, 3.05) is 13.7 Å². The van der Waals surface area contributed by atoms with E-state index in [-0.39, 0.29) is 6.61 Å². The monoisotopic (exact) mass is 330 g/mol. The first kappa shape index (κ1) is 16.0. The van der Waals surface area contributed by atoms with Gasteiger partial charge >= 0.3 is 5.97 Å². The summed E-state index contributed by atoms with van der Waals surface area (Å²) in [7, 11) is 1.59. The van der Waals surface area contributed by atoms with E-state index in [0.717, 1.165) is 26.9 Å². The highest BCUT2D eigenvalue weighted by molar-refractivity contribution is 9.10. The second-order valence-corrected chi connectivity index (χ2v) is 5.08. The number of halogens is 1. The summed E-state index contributed by atoms with van der Waals surface area (Å²) in [6.07, 6.45) is -1.28. The molecule has 0 aromatic heterocycles. The highest BCUT2D eigenvalue weighted by atomic mass is 79.9. The van der Waals surface area contributed by atoms with Crippen LogP contribution in [0.3, 0.4) is 0 Å².